The lowest BCUT2D eigenvalue weighted by molar-refractivity contribution is 0.0773. The average molecular weight is 362 g/mol. The maximum absolute atomic E-state index is 12.5. The van der Waals surface area contributed by atoms with Crippen LogP contribution in [-0.4, -0.2) is 55.8 Å². The van der Waals surface area contributed by atoms with Gasteiger partial charge in [0.25, 0.3) is 5.91 Å². The minimum absolute atomic E-state index is 0. The molecule has 0 bridgehead atoms. The number of halogens is 1. The van der Waals surface area contributed by atoms with Crippen molar-refractivity contribution in [1.82, 2.24) is 9.21 Å². The number of carbonyl (C=O) groups excluding carboxylic acids is 1. The highest BCUT2D eigenvalue weighted by Gasteiger charge is 2.30. The summed E-state index contributed by atoms with van der Waals surface area (Å²) >= 11 is 0. The predicted molar refractivity (Wildman–Crippen MR) is 92.3 cm³/mol. The lowest BCUT2D eigenvalue weighted by Gasteiger charge is -2.19. The van der Waals surface area contributed by atoms with Gasteiger partial charge in [-0.1, -0.05) is 0 Å². The van der Waals surface area contributed by atoms with Crippen LogP contribution in [-0.2, 0) is 10.0 Å². The first-order chi connectivity index (χ1) is 10.4. The van der Waals surface area contributed by atoms with E-state index < -0.39 is 10.0 Å². The Morgan fingerprint density at radius 1 is 1.26 bits per heavy atom. The van der Waals surface area contributed by atoms with Crippen LogP contribution < -0.4 is 5.73 Å². The molecule has 0 aromatic heterocycles. The molecule has 23 heavy (non-hydrogen) atoms. The molecule has 0 unspecified atom stereocenters. The molecule has 1 atom stereocenters. The van der Waals surface area contributed by atoms with Gasteiger partial charge >= 0.3 is 0 Å². The summed E-state index contributed by atoms with van der Waals surface area (Å²) in [7, 11) is -3.52. The zero-order chi connectivity index (χ0) is 16.3. The molecular formula is C15H24ClN3O3S. The molecule has 1 aliphatic heterocycles. The Balaban J connectivity index is 0.00000264. The summed E-state index contributed by atoms with van der Waals surface area (Å²) in [6.07, 6.45) is 0.678. The van der Waals surface area contributed by atoms with Crippen molar-refractivity contribution in [3.8, 4) is 0 Å². The molecule has 2 rings (SSSR count). The van der Waals surface area contributed by atoms with Gasteiger partial charge in [0.2, 0.25) is 10.0 Å². The van der Waals surface area contributed by atoms with Gasteiger partial charge < -0.3 is 10.6 Å². The Labute approximate surface area is 144 Å². The van der Waals surface area contributed by atoms with Gasteiger partial charge in [0.05, 0.1) is 4.90 Å². The van der Waals surface area contributed by atoms with E-state index in [4.69, 9.17) is 5.73 Å². The molecule has 0 radical (unpaired) electrons. The second-order valence-corrected chi connectivity index (χ2v) is 7.35. The van der Waals surface area contributed by atoms with Crippen molar-refractivity contribution >= 4 is 28.3 Å². The summed E-state index contributed by atoms with van der Waals surface area (Å²) in [5.41, 5.74) is 6.27. The molecule has 6 nitrogen and oxygen atoms in total. The zero-order valence-electron chi connectivity index (χ0n) is 13.4. The number of hydrogen-bond donors (Lipinski definition) is 1. The number of hydrogen-bond acceptors (Lipinski definition) is 4. The highest BCUT2D eigenvalue weighted by atomic mass is 35.5. The molecule has 1 aliphatic rings. The monoisotopic (exact) mass is 361 g/mol. The van der Waals surface area contributed by atoms with Crippen LogP contribution in [0, 0.1) is 0 Å². The quantitative estimate of drug-likeness (QED) is 0.857. The minimum atomic E-state index is -3.52. The van der Waals surface area contributed by atoms with Gasteiger partial charge in [0, 0.05) is 37.8 Å². The molecule has 1 saturated heterocycles. The standard InChI is InChI=1S/C15H23N3O3S.ClH/c1-3-17(4-2)15(19)12-5-7-14(8-6-12)22(20,21)18-10-9-13(16)11-18;/h5-8,13H,3-4,9-11,16H2,1-2H3;1H/t13-;/m1./s1. The average Bonchev–Trinajstić information content (AvgIpc) is 2.96. The van der Waals surface area contributed by atoms with Crippen molar-refractivity contribution < 1.29 is 13.2 Å². The molecular weight excluding hydrogens is 338 g/mol. The molecule has 0 saturated carbocycles. The van der Waals surface area contributed by atoms with Crippen molar-refractivity contribution in [2.24, 2.45) is 5.73 Å². The van der Waals surface area contributed by atoms with Gasteiger partial charge in [-0.2, -0.15) is 4.31 Å². The molecule has 1 fully saturated rings. The first kappa shape index (κ1) is 19.9. The fraction of sp³-hybridized carbons (Fsp3) is 0.533. The summed E-state index contributed by atoms with van der Waals surface area (Å²) in [5, 5.41) is 0. The van der Waals surface area contributed by atoms with E-state index in [2.05, 4.69) is 0 Å². The number of nitrogens with two attached hydrogens (primary N) is 1. The van der Waals surface area contributed by atoms with Crippen molar-refractivity contribution in [2.45, 2.75) is 31.2 Å². The van der Waals surface area contributed by atoms with E-state index in [0.717, 1.165) is 0 Å². The van der Waals surface area contributed by atoms with E-state index in [1.807, 2.05) is 13.8 Å². The molecule has 8 heteroatoms. The molecule has 2 N–H and O–H groups in total. The topological polar surface area (TPSA) is 83.7 Å². The molecule has 1 heterocycles. The van der Waals surface area contributed by atoms with Crippen molar-refractivity contribution in [3.63, 3.8) is 0 Å². The molecule has 1 aromatic rings. The number of amides is 1. The van der Waals surface area contributed by atoms with E-state index in [9.17, 15) is 13.2 Å². The van der Waals surface area contributed by atoms with Gasteiger partial charge in [0.15, 0.2) is 0 Å². The van der Waals surface area contributed by atoms with Crippen LogP contribution >= 0.6 is 12.4 Å². The molecule has 0 aliphatic carbocycles. The SMILES string of the molecule is CCN(CC)C(=O)c1ccc(S(=O)(=O)N2CC[C@@H](N)C2)cc1.Cl. The Morgan fingerprint density at radius 2 is 1.83 bits per heavy atom. The number of nitrogens with zero attached hydrogens (tertiary/aromatic N) is 2. The predicted octanol–water partition coefficient (Wildman–Crippen LogP) is 1.31. The number of carbonyl (C=O) groups is 1. The van der Waals surface area contributed by atoms with Crippen molar-refractivity contribution in [2.75, 3.05) is 26.2 Å². The maximum atomic E-state index is 12.5. The van der Waals surface area contributed by atoms with Gasteiger partial charge in [-0.3, -0.25) is 4.79 Å². The van der Waals surface area contributed by atoms with E-state index in [1.54, 1.807) is 17.0 Å². The van der Waals surface area contributed by atoms with E-state index in [1.165, 1.54) is 16.4 Å². The van der Waals surface area contributed by atoms with Crippen LogP contribution in [0.2, 0.25) is 0 Å². The van der Waals surface area contributed by atoms with Gasteiger partial charge in [0.1, 0.15) is 0 Å². The molecule has 1 aromatic carbocycles. The van der Waals surface area contributed by atoms with Crippen LogP contribution in [0.5, 0.6) is 0 Å². The van der Waals surface area contributed by atoms with Crippen LogP contribution in [0.25, 0.3) is 0 Å². The lowest BCUT2D eigenvalue weighted by Crippen LogP contribution is -2.32. The second-order valence-electron chi connectivity index (χ2n) is 5.41. The zero-order valence-corrected chi connectivity index (χ0v) is 15.1. The van der Waals surface area contributed by atoms with Gasteiger partial charge in [-0.25, -0.2) is 8.42 Å². The molecule has 1 amide bonds. The number of sulfonamides is 1. The Morgan fingerprint density at radius 3 is 2.26 bits per heavy atom. The van der Waals surface area contributed by atoms with E-state index in [0.29, 0.717) is 38.2 Å². The summed E-state index contributed by atoms with van der Waals surface area (Å²) in [4.78, 5) is 14.1. The maximum Gasteiger partial charge on any atom is 0.253 e. The van der Waals surface area contributed by atoms with Crippen molar-refractivity contribution in [1.29, 1.82) is 0 Å². The fourth-order valence-corrected chi connectivity index (χ4v) is 4.10. The van der Waals surface area contributed by atoms with Crippen LogP contribution in [0.1, 0.15) is 30.6 Å². The van der Waals surface area contributed by atoms with Gasteiger partial charge in [-0.05, 0) is 44.5 Å². The third kappa shape index (κ3) is 4.23. The summed E-state index contributed by atoms with van der Waals surface area (Å²) in [5.74, 6) is -0.0860. The minimum Gasteiger partial charge on any atom is -0.339 e. The summed E-state index contributed by atoms with van der Waals surface area (Å²) in [6.45, 7) is 5.88. The molecule has 0 spiro atoms. The largest absolute Gasteiger partial charge is 0.339 e. The highest BCUT2D eigenvalue weighted by molar-refractivity contribution is 7.89. The van der Waals surface area contributed by atoms with Crippen molar-refractivity contribution in [3.05, 3.63) is 29.8 Å². The van der Waals surface area contributed by atoms with Gasteiger partial charge in [-0.15, -0.1) is 12.4 Å². The van der Waals surface area contributed by atoms with Crippen LogP contribution in [0.3, 0.4) is 0 Å². The normalized spacial score (nSPS) is 18.5. The highest BCUT2D eigenvalue weighted by Crippen LogP contribution is 2.21. The third-order valence-corrected chi connectivity index (χ3v) is 5.86. The lowest BCUT2D eigenvalue weighted by atomic mass is 10.2. The summed E-state index contributed by atoms with van der Waals surface area (Å²) < 4.78 is 26.4. The van der Waals surface area contributed by atoms with E-state index >= 15 is 0 Å². The Bertz CT molecular complexity index is 630. The first-order valence-electron chi connectivity index (χ1n) is 7.55. The smallest absolute Gasteiger partial charge is 0.253 e. The second kappa shape index (κ2) is 8.10. The Hall–Kier alpha value is -1.15. The Kier molecular flexibility index (Phi) is 7.01. The third-order valence-electron chi connectivity index (χ3n) is 3.98. The fourth-order valence-electron chi connectivity index (χ4n) is 2.58. The number of rotatable bonds is 5. The van der Waals surface area contributed by atoms with E-state index in [-0.39, 0.29) is 29.3 Å². The van der Waals surface area contributed by atoms with Crippen LogP contribution in [0.15, 0.2) is 29.2 Å². The summed E-state index contributed by atoms with van der Waals surface area (Å²) in [6, 6.07) is 6.04. The number of benzene rings is 1. The molecule has 130 valence electrons. The van der Waals surface area contributed by atoms with Crippen LogP contribution in [0.4, 0.5) is 0 Å². The first-order valence-corrected chi connectivity index (χ1v) is 8.99.